The summed E-state index contributed by atoms with van der Waals surface area (Å²) in [5, 5.41) is 6.29. The van der Waals surface area contributed by atoms with E-state index in [1.807, 2.05) is 23.1 Å². The predicted molar refractivity (Wildman–Crippen MR) is 112 cm³/mol. The number of rotatable bonds is 5. The molecule has 7 nitrogen and oxygen atoms in total. The Morgan fingerprint density at radius 3 is 2.76 bits per heavy atom. The third-order valence-electron chi connectivity index (χ3n) is 5.78. The summed E-state index contributed by atoms with van der Waals surface area (Å²) in [5.74, 6) is 2.01. The van der Waals surface area contributed by atoms with E-state index in [0.717, 1.165) is 55.8 Å². The molecule has 3 aliphatic rings. The molecule has 0 radical (unpaired) electrons. The molecule has 2 atom stereocenters. The van der Waals surface area contributed by atoms with Crippen LogP contribution < -0.4 is 20.1 Å². The van der Waals surface area contributed by atoms with Crippen molar-refractivity contribution < 1.29 is 19.1 Å². The number of carbonyl (C=O) groups excluding carboxylic acids is 2. The third kappa shape index (κ3) is 5.54. The minimum Gasteiger partial charge on any atom is -0.486 e. The van der Waals surface area contributed by atoms with Crippen LogP contribution in [0.25, 0.3) is 0 Å². The number of piperidine rings is 1. The molecule has 8 heteroatoms. The molecule has 2 unspecified atom stereocenters. The van der Waals surface area contributed by atoms with E-state index in [1.165, 1.54) is 0 Å². The molecule has 0 aliphatic carbocycles. The van der Waals surface area contributed by atoms with Crippen molar-refractivity contribution in [2.75, 3.05) is 39.4 Å². The summed E-state index contributed by atoms with van der Waals surface area (Å²) in [6, 6.07) is 5.67. The van der Waals surface area contributed by atoms with Gasteiger partial charge >= 0.3 is 0 Å². The van der Waals surface area contributed by atoms with Crippen molar-refractivity contribution in [3.8, 4) is 11.5 Å². The predicted octanol–water partition coefficient (Wildman–Crippen LogP) is 1.53. The molecule has 0 bridgehead atoms. The van der Waals surface area contributed by atoms with Gasteiger partial charge in [-0.25, -0.2) is 0 Å². The fourth-order valence-corrected chi connectivity index (χ4v) is 4.22. The van der Waals surface area contributed by atoms with Gasteiger partial charge in [-0.15, -0.1) is 12.4 Å². The van der Waals surface area contributed by atoms with Crippen LogP contribution in [0.2, 0.25) is 0 Å². The van der Waals surface area contributed by atoms with Crippen molar-refractivity contribution in [1.29, 1.82) is 0 Å². The van der Waals surface area contributed by atoms with Crippen LogP contribution >= 0.6 is 12.4 Å². The number of hydrogen-bond donors (Lipinski definition) is 2. The lowest BCUT2D eigenvalue weighted by atomic mass is 9.97. The lowest BCUT2D eigenvalue weighted by Crippen LogP contribution is -2.47. The molecule has 0 spiro atoms. The fourth-order valence-electron chi connectivity index (χ4n) is 4.22. The molecule has 1 aromatic carbocycles. The topological polar surface area (TPSA) is 79.9 Å². The van der Waals surface area contributed by atoms with Gasteiger partial charge in [0.1, 0.15) is 13.2 Å². The molecular weight excluding hydrogens is 394 g/mol. The zero-order valence-corrected chi connectivity index (χ0v) is 17.5. The van der Waals surface area contributed by atoms with Crippen molar-refractivity contribution >= 4 is 24.2 Å². The molecule has 2 saturated heterocycles. The average Bonchev–Trinajstić information content (AvgIpc) is 3.27. The molecule has 3 heterocycles. The Morgan fingerprint density at radius 2 is 1.97 bits per heavy atom. The highest BCUT2D eigenvalue weighted by molar-refractivity contribution is 5.85. The van der Waals surface area contributed by atoms with Crippen LogP contribution in [0.3, 0.4) is 0 Å². The smallest absolute Gasteiger partial charge is 0.237 e. The number of nitrogens with one attached hydrogen (secondary N) is 2. The molecule has 4 rings (SSSR count). The first-order chi connectivity index (χ1) is 13.7. The van der Waals surface area contributed by atoms with E-state index >= 15 is 0 Å². The summed E-state index contributed by atoms with van der Waals surface area (Å²) in [5.41, 5.74) is 0.942. The first-order valence-corrected chi connectivity index (χ1v) is 10.4. The standard InChI is InChI=1S/C21H29N3O4.ClH/c25-20(12-15-5-6-18-19(11-15)28-10-9-27-18)24-8-2-3-16(14-24)13-23-21(26)17-4-1-7-22-17;/h5-6,11,16-17,22H,1-4,7-10,12-14H2,(H,23,26);1H. The van der Waals surface area contributed by atoms with Gasteiger partial charge < -0.3 is 25.0 Å². The molecule has 2 fully saturated rings. The maximum absolute atomic E-state index is 12.8. The normalized spacial score (nSPS) is 23.2. The SMILES string of the molecule is Cl.O=C(NCC1CCCN(C(=O)Cc2ccc3c(c2)OCCO3)C1)C1CCCN1. The van der Waals surface area contributed by atoms with E-state index in [2.05, 4.69) is 10.6 Å². The van der Waals surface area contributed by atoms with Gasteiger partial charge in [0.25, 0.3) is 0 Å². The lowest BCUT2D eigenvalue weighted by molar-refractivity contribution is -0.132. The van der Waals surface area contributed by atoms with Crippen molar-refractivity contribution in [2.45, 2.75) is 38.1 Å². The second-order valence-electron chi connectivity index (χ2n) is 7.90. The monoisotopic (exact) mass is 423 g/mol. The molecule has 0 aromatic heterocycles. The summed E-state index contributed by atoms with van der Waals surface area (Å²) in [7, 11) is 0. The average molecular weight is 424 g/mol. The van der Waals surface area contributed by atoms with Crippen molar-refractivity contribution in [3.05, 3.63) is 23.8 Å². The number of fused-ring (bicyclic) bond motifs is 1. The summed E-state index contributed by atoms with van der Waals surface area (Å²) >= 11 is 0. The molecule has 2 amide bonds. The molecule has 2 N–H and O–H groups in total. The number of amides is 2. The van der Waals surface area contributed by atoms with Crippen LogP contribution in [0.4, 0.5) is 0 Å². The van der Waals surface area contributed by atoms with Crippen molar-refractivity contribution in [2.24, 2.45) is 5.92 Å². The van der Waals surface area contributed by atoms with Crippen LogP contribution in [-0.2, 0) is 16.0 Å². The quantitative estimate of drug-likeness (QED) is 0.750. The molecule has 1 aromatic rings. The van der Waals surface area contributed by atoms with Gasteiger partial charge in [-0.3, -0.25) is 9.59 Å². The second-order valence-corrected chi connectivity index (χ2v) is 7.90. The molecule has 3 aliphatic heterocycles. The van der Waals surface area contributed by atoms with Gasteiger partial charge in [-0.05, 0) is 55.8 Å². The molecular formula is C21H30ClN3O4. The lowest BCUT2D eigenvalue weighted by Gasteiger charge is -2.33. The summed E-state index contributed by atoms with van der Waals surface area (Å²) in [6.07, 6.45) is 4.36. The van der Waals surface area contributed by atoms with Crippen LogP contribution in [0.15, 0.2) is 18.2 Å². The van der Waals surface area contributed by atoms with Gasteiger partial charge in [0, 0.05) is 19.6 Å². The van der Waals surface area contributed by atoms with E-state index < -0.39 is 0 Å². The number of hydrogen-bond acceptors (Lipinski definition) is 5. The fraction of sp³-hybridized carbons (Fsp3) is 0.619. The zero-order chi connectivity index (χ0) is 19.3. The second kappa shape index (κ2) is 10.2. The Morgan fingerprint density at radius 1 is 1.14 bits per heavy atom. The molecule has 160 valence electrons. The maximum Gasteiger partial charge on any atom is 0.237 e. The first-order valence-electron chi connectivity index (χ1n) is 10.4. The van der Waals surface area contributed by atoms with Crippen LogP contribution in [0.1, 0.15) is 31.2 Å². The van der Waals surface area contributed by atoms with Crippen LogP contribution in [0.5, 0.6) is 11.5 Å². The van der Waals surface area contributed by atoms with Gasteiger partial charge in [0.2, 0.25) is 11.8 Å². The van der Waals surface area contributed by atoms with Crippen LogP contribution in [-0.4, -0.2) is 62.1 Å². The number of ether oxygens (including phenoxy) is 2. The minimum atomic E-state index is -0.0449. The number of nitrogens with zero attached hydrogens (tertiary/aromatic N) is 1. The zero-order valence-electron chi connectivity index (χ0n) is 16.7. The Hall–Kier alpha value is -1.99. The van der Waals surface area contributed by atoms with Crippen molar-refractivity contribution in [3.63, 3.8) is 0 Å². The molecule has 29 heavy (non-hydrogen) atoms. The Balaban J connectivity index is 0.00000240. The Labute approximate surface area is 177 Å². The third-order valence-corrected chi connectivity index (χ3v) is 5.78. The van der Waals surface area contributed by atoms with E-state index in [-0.39, 0.29) is 30.3 Å². The number of carbonyl (C=O) groups is 2. The van der Waals surface area contributed by atoms with E-state index in [4.69, 9.17) is 9.47 Å². The summed E-state index contributed by atoms with van der Waals surface area (Å²) in [4.78, 5) is 26.9. The van der Waals surface area contributed by atoms with Crippen LogP contribution in [0, 0.1) is 5.92 Å². The first kappa shape index (κ1) is 21.7. The Bertz CT molecular complexity index is 724. The maximum atomic E-state index is 12.8. The number of benzene rings is 1. The highest BCUT2D eigenvalue weighted by Crippen LogP contribution is 2.31. The van der Waals surface area contributed by atoms with Gasteiger partial charge in [0.05, 0.1) is 12.5 Å². The Kier molecular flexibility index (Phi) is 7.61. The summed E-state index contributed by atoms with van der Waals surface area (Å²) in [6.45, 7) is 4.17. The number of likely N-dealkylation sites (tertiary alicyclic amines) is 1. The highest BCUT2D eigenvalue weighted by atomic mass is 35.5. The molecule has 0 saturated carbocycles. The largest absolute Gasteiger partial charge is 0.486 e. The van der Waals surface area contributed by atoms with Gasteiger partial charge in [-0.2, -0.15) is 0 Å². The van der Waals surface area contributed by atoms with E-state index in [9.17, 15) is 9.59 Å². The van der Waals surface area contributed by atoms with Gasteiger partial charge in [0.15, 0.2) is 11.5 Å². The minimum absolute atomic E-state index is 0. The van der Waals surface area contributed by atoms with Gasteiger partial charge in [-0.1, -0.05) is 6.07 Å². The summed E-state index contributed by atoms with van der Waals surface area (Å²) < 4.78 is 11.1. The van der Waals surface area contributed by atoms with E-state index in [1.54, 1.807) is 0 Å². The van der Waals surface area contributed by atoms with E-state index in [0.29, 0.717) is 38.6 Å². The van der Waals surface area contributed by atoms with Crippen molar-refractivity contribution in [1.82, 2.24) is 15.5 Å². The number of halogens is 1. The highest BCUT2D eigenvalue weighted by Gasteiger charge is 2.26.